The van der Waals surface area contributed by atoms with E-state index in [0.717, 1.165) is 36.4 Å². The van der Waals surface area contributed by atoms with Crippen molar-refractivity contribution in [2.45, 2.75) is 91.8 Å². The van der Waals surface area contributed by atoms with Crippen LogP contribution in [0.4, 0.5) is 5.69 Å². The molecular formula is C39H48NOP. The molecule has 0 N–H and O–H groups in total. The molecule has 0 aliphatic carbocycles. The third-order valence-corrected chi connectivity index (χ3v) is 10.5. The van der Waals surface area contributed by atoms with Crippen LogP contribution in [0, 0.1) is 13.8 Å². The highest BCUT2D eigenvalue weighted by atomic mass is 31.1. The maximum atomic E-state index is 6.78. The molecule has 0 fully saturated rings. The van der Waals surface area contributed by atoms with E-state index in [1.807, 2.05) is 6.07 Å². The van der Waals surface area contributed by atoms with E-state index >= 15 is 0 Å². The van der Waals surface area contributed by atoms with Gasteiger partial charge in [0.15, 0.2) is 0 Å². The highest BCUT2D eigenvalue weighted by molar-refractivity contribution is 7.49. The van der Waals surface area contributed by atoms with Crippen molar-refractivity contribution in [3.63, 3.8) is 0 Å². The highest BCUT2D eigenvalue weighted by Crippen LogP contribution is 2.53. The molecule has 0 aliphatic heterocycles. The molecule has 4 rings (SSSR count). The van der Waals surface area contributed by atoms with Crippen molar-refractivity contribution in [3.8, 4) is 5.75 Å². The van der Waals surface area contributed by atoms with Gasteiger partial charge in [0.05, 0.1) is 5.69 Å². The van der Waals surface area contributed by atoms with Gasteiger partial charge in [0.25, 0.3) is 0 Å². The zero-order chi connectivity index (χ0) is 30.3. The zero-order valence-corrected chi connectivity index (χ0v) is 27.8. The maximum Gasteiger partial charge on any atom is 0.126 e. The number of aryl methyl sites for hydroxylation is 2. The summed E-state index contributed by atoms with van der Waals surface area (Å²) in [4.78, 5) is 5.04. The summed E-state index contributed by atoms with van der Waals surface area (Å²) < 4.78 is 6.78. The minimum atomic E-state index is -0.0549. The Bertz CT molecular complexity index is 1500. The van der Waals surface area contributed by atoms with Crippen molar-refractivity contribution in [1.82, 2.24) is 0 Å². The molecule has 0 aromatic heterocycles. The van der Waals surface area contributed by atoms with E-state index in [1.165, 1.54) is 38.7 Å². The third-order valence-electron chi connectivity index (χ3n) is 8.24. The van der Waals surface area contributed by atoms with Crippen LogP contribution in [0.2, 0.25) is 0 Å². The standard InChI is InChI=1S/C39H48NOP/c1-9-24-39(10-2,42-37-28(3)18-17-23-34(37)30(5)40-33-21-15-12-16-22-33)35-26-32(38(6,7)8)25-29(4)36(35)41-27-31-19-13-11-14-20-31/h11-23,25-26,42H,9-10,24,27H2,1-8H3/b40-30+. The number of hydrogen-bond acceptors (Lipinski definition) is 2. The summed E-state index contributed by atoms with van der Waals surface area (Å²) in [6.07, 6.45) is 3.24. The molecule has 0 aliphatic rings. The Kier molecular flexibility index (Phi) is 10.4. The van der Waals surface area contributed by atoms with E-state index in [9.17, 15) is 0 Å². The lowest BCUT2D eigenvalue weighted by Crippen LogP contribution is -2.27. The van der Waals surface area contributed by atoms with Crippen molar-refractivity contribution in [2.24, 2.45) is 4.99 Å². The Hall–Kier alpha value is -3.22. The van der Waals surface area contributed by atoms with Crippen molar-refractivity contribution < 1.29 is 4.74 Å². The summed E-state index contributed by atoms with van der Waals surface area (Å²) >= 11 is 0. The van der Waals surface area contributed by atoms with Crippen LogP contribution in [0.5, 0.6) is 5.75 Å². The first-order chi connectivity index (χ1) is 20.1. The van der Waals surface area contributed by atoms with Gasteiger partial charge in [-0.15, -0.1) is 0 Å². The zero-order valence-electron chi connectivity index (χ0n) is 26.8. The Labute approximate surface area is 256 Å². The van der Waals surface area contributed by atoms with E-state index in [-0.39, 0.29) is 10.6 Å². The Morgan fingerprint density at radius 2 is 1.48 bits per heavy atom. The van der Waals surface area contributed by atoms with Crippen LogP contribution in [0.3, 0.4) is 0 Å². The predicted octanol–water partition coefficient (Wildman–Crippen LogP) is 10.7. The van der Waals surface area contributed by atoms with Gasteiger partial charge in [-0.25, -0.2) is 0 Å². The Morgan fingerprint density at radius 1 is 0.810 bits per heavy atom. The van der Waals surface area contributed by atoms with Crippen LogP contribution in [-0.4, -0.2) is 5.71 Å². The summed E-state index contributed by atoms with van der Waals surface area (Å²) in [5.74, 6) is 1.06. The summed E-state index contributed by atoms with van der Waals surface area (Å²) in [7, 11) is 0.584. The smallest absolute Gasteiger partial charge is 0.126 e. The second kappa shape index (κ2) is 13.8. The Morgan fingerprint density at radius 3 is 2.10 bits per heavy atom. The molecule has 0 bridgehead atoms. The van der Waals surface area contributed by atoms with Gasteiger partial charge in [0, 0.05) is 22.0 Å². The minimum absolute atomic E-state index is 0.0407. The van der Waals surface area contributed by atoms with Crippen LogP contribution in [0.1, 0.15) is 94.2 Å². The molecule has 2 nitrogen and oxygen atoms in total. The molecule has 4 aromatic rings. The molecule has 0 saturated heterocycles. The second-order valence-electron chi connectivity index (χ2n) is 12.5. The largest absolute Gasteiger partial charge is 0.488 e. The lowest BCUT2D eigenvalue weighted by atomic mass is 9.81. The molecule has 0 spiro atoms. The van der Waals surface area contributed by atoms with Crippen LogP contribution in [0.25, 0.3) is 0 Å². The minimum Gasteiger partial charge on any atom is -0.488 e. The van der Waals surface area contributed by atoms with E-state index in [4.69, 9.17) is 9.73 Å². The van der Waals surface area contributed by atoms with Crippen molar-refractivity contribution in [2.75, 3.05) is 0 Å². The summed E-state index contributed by atoms with van der Waals surface area (Å²) in [6.45, 7) is 18.8. The fourth-order valence-corrected chi connectivity index (χ4v) is 7.79. The van der Waals surface area contributed by atoms with Gasteiger partial charge in [0.2, 0.25) is 0 Å². The lowest BCUT2D eigenvalue weighted by Gasteiger charge is -2.38. The predicted molar refractivity (Wildman–Crippen MR) is 185 cm³/mol. The third kappa shape index (κ3) is 7.40. The van der Waals surface area contributed by atoms with Gasteiger partial charge in [-0.05, 0) is 78.7 Å². The van der Waals surface area contributed by atoms with Crippen LogP contribution in [0.15, 0.2) is 96.0 Å². The first kappa shape index (κ1) is 31.7. The normalized spacial score (nSPS) is 13.9. The molecule has 0 heterocycles. The van der Waals surface area contributed by atoms with Gasteiger partial charge < -0.3 is 4.74 Å². The van der Waals surface area contributed by atoms with Crippen molar-refractivity contribution in [1.29, 1.82) is 0 Å². The van der Waals surface area contributed by atoms with Crippen LogP contribution in [-0.2, 0) is 17.2 Å². The number of aliphatic imine (C=N–C) groups is 1. The Balaban J connectivity index is 1.88. The first-order valence-corrected chi connectivity index (χ1v) is 16.4. The van der Waals surface area contributed by atoms with E-state index in [1.54, 1.807) is 0 Å². The molecule has 0 radical (unpaired) electrons. The molecule has 0 amide bonds. The summed E-state index contributed by atoms with van der Waals surface area (Å²) in [5.41, 5.74) is 9.82. The SMILES string of the molecule is CCCC(CC)(Pc1c(C)cccc1/C(C)=N/c1ccccc1)c1cc(C(C)(C)C)cc(C)c1OCc1ccccc1. The molecular weight excluding hydrogens is 529 g/mol. The number of nitrogens with zero attached hydrogens (tertiary/aromatic N) is 1. The van der Waals surface area contributed by atoms with Crippen molar-refractivity contribution >= 4 is 25.3 Å². The molecule has 2 unspecified atom stereocenters. The summed E-state index contributed by atoms with van der Waals surface area (Å²) in [6, 6.07) is 32.3. The molecule has 4 aromatic carbocycles. The van der Waals surface area contributed by atoms with E-state index in [2.05, 4.69) is 140 Å². The van der Waals surface area contributed by atoms with Gasteiger partial charge >= 0.3 is 0 Å². The fraction of sp³-hybridized carbons (Fsp3) is 0.359. The van der Waals surface area contributed by atoms with Crippen LogP contribution >= 0.6 is 8.58 Å². The maximum absolute atomic E-state index is 6.78. The molecule has 220 valence electrons. The first-order valence-electron chi connectivity index (χ1n) is 15.4. The van der Waals surface area contributed by atoms with Gasteiger partial charge in [0.1, 0.15) is 12.4 Å². The number of hydrogen-bond donors (Lipinski definition) is 0. The second-order valence-corrected chi connectivity index (χ2v) is 14.2. The average Bonchev–Trinajstić information content (AvgIpc) is 2.97. The molecule has 3 heteroatoms. The monoisotopic (exact) mass is 577 g/mol. The average molecular weight is 578 g/mol. The van der Waals surface area contributed by atoms with E-state index < -0.39 is 0 Å². The van der Waals surface area contributed by atoms with Gasteiger partial charge in [-0.2, -0.15) is 0 Å². The van der Waals surface area contributed by atoms with E-state index in [0.29, 0.717) is 15.2 Å². The van der Waals surface area contributed by atoms with Crippen molar-refractivity contribution in [3.05, 3.63) is 124 Å². The van der Waals surface area contributed by atoms with Gasteiger partial charge in [-0.1, -0.05) is 128 Å². The number of benzene rings is 4. The summed E-state index contributed by atoms with van der Waals surface area (Å²) in [5, 5.41) is 1.36. The quantitative estimate of drug-likeness (QED) is 0.128. The molecule has 2 atom stereocenters. The topological polar surface area (TPSA) is 21.6 Å². The fourth-order valence-electron chi connectivity index (χ4n) is 5.76. The van der Waals surface area contributed by atoms with Gasteiger partial charge in [-0.3, -0.25) is 4.99 Å². The number of rotatable bonds is 11. The molecule has 42 heavy (non-hydrogen) atoms. The molecule has 0 saturated carbocycles. The number of para-hydroxylation sites is 1. The highest BCUT2D eigenvalue weighted by Gasteiger charge is 2.36. The lowest BCUT2D eigenvalue weighted by molar-refractivity contribution is 0.295. The van der Waals surface area contributed by atoms with Crippen LogP contribution < -0.4 is 10.0 Å². The number of ether oxygens (including phenoxy) is 1.